The predicted molar refractivity (Wildman–Crippen MR) is 166 cm³/mol. The number of hydrogen-bond acceptors (Lipinski definition) is 7. The molecule has 1 N–H and O–H groups in total. The Kier molecular flexibility index (Phi) is 15.9. The van der Waals surface area contributed by atoms with Crippen molar-refractivity contribution in [3.8, 4) is 11.5 Å². The average Bonchev–Trinajstić information content (AvgIpc) is 2.94. The summed E-state index contributed by atoms with van der Waals surface area (Å²) in [5.74, 6) is 0.234. The lowest BCUT2D eigenvalue weighted by atomic mass is 9.83. The number of carbonyl (C=O) groups excluding carboxylic acids is 3. The van der Waals surface area contributed by atoms with Gasteiger partial charge in [0.1, 0.15) is 23.7 Å². The normalized spacial score (nSPS) is 17.6. The lowest BCUT2D eigenvalue weighted by molar-refractivity contribution is -0.145. The molecule has 0 saturated heterocycles. The lowest BCUT2D eigenvalue weighted by Gasteiger charge is -2.40. The van der Waals surface area contributed by atoms with Crippen molar-refractivity contribution in [3.05, 3.63) is 34.4 Å². The summed E-state index contributed by atoms with van der Waals surface area (Å²) in [6.45, 7) is 7.49. The highest BCUT2D eigenvalue weighted by Gasteiger charge is 2.43. The Hall–Kier alpha value is -2.67. The van der Waals surface area contributed by atoms with E-state index in [2.05, 4.69) is 6.92 Å². The Morgan fingerprint density at radius 2 is 1.57 bits per heavy atom. The van der Waals surface area contributed by atoms with E-state index in [1.165, 1.54) is 77.4 Å². The number of unbranched alkanes of at least 4 members (excludes halogenated alkanes) is 12. The third-order valence-electron chi connectivity index (χ3n) is 8.09. The Labute approximate surface area is 253 Å². The first-order chi connectivity index (χ1) is 20.1. The van der Waals surface area contributed by atoms with E-state index in [-0.39, 0.29) is 42.5 Å². The third kappa shape index (κ3) is 11.5. The van der Waals surface area contributed by atoms with Gasteiger partial charge in [-0.25, -0.2) is 0 Å². The number of aliphatic hydroxyl groups is 1. The van der Waals surface area contributed by atoms with E-state index in [1.54, 1.807) is 13.0 Å². The van der Waals surface area contributed by atoms with Crippen LogP contribution in [0.4, 0.5) is 0 Å². The zero-order chi connectivity index (χ0) is 31.0. The highest BCUT2D eigenvalue weighted by molar-refractivity contribution is 5.91. The summed E-state index contributed by atoms with van der Waals surface area (Å²) < 4.78 is 17.3. The van der Waals surface area contributed by atoms with Crippen LogP contribution >= 0.6 is 0 Å². The Balaban J connectivity index is 1.85. The molecule has 2 unspecified atom stereocenters. The van der Waals surface area contributed by atoms with Crippen molar-refractivity contribution in [2.45, 2.75) is 149 Å². The molecule has 0 bridgehead atoms. The van der Waals surface area contributed by atoms with Gasteiger partial charge in [-0.15, -0.1) is 0 Å². The van der Waals surface area contributed by atoms with Gasteiger partial charge in [0.2, 0.25) is 0 Å². The number of benzene rings is 1. The van der Waals surface area contributed by atoms with Crippen molar-refractivity contribution < 1.29 is 33.7 Å². The standard InChI is InChI=1S/C35H54O7/c1-6-7-8-9-10-11-12-13-14-15-16-17-18-19-33(39)41-25-27-21-31(40-5)29-22-32(38)35(4,23-28(37)20-26(2)3)42-34(29)30(27)24-36/h20-21,24,32,38H,6-19,22-23,25H2,1-5H3. The molecule has 0 aliphatic carbocycles. The predicted octanol–water partition coefficient (Wildman–Crippen LogP) is 8.01. The molecule has 1 aliphatic rings. The molecule has 0 aromatic heterocycles. The van der Waals surface area contributed by atoms with Crippen LogP contribution in [0.25, 0.3) is 0 Å². The largest absolute Gasteiger partial charge is 0.496 e. The number of carbonyl (C=O) groups is 3. The molecular weight excluding hydrogens is 532 g/mol. The molecule has 7 nitrogen and oxygen atoms in total. The van der Waals surface area contributed by atoms with E-state index in [9.17, 15) is 19.5 Å². The van der Waals surface area contributed by atoms with Gasteiger partial charge in [-0.05, 0) is 39.3 Å². The third-order valence-corrected chi connectivity index (χ3v) is 8.09. The van der Waals surface area contributed by atoms with Crippen molar-refractivity contribution in [1.29, 1.82) is 0 Å². The second-order valence-electron chi connectivity index (χ2n) is 12.2. The molecular formula is C35H54O7. The van der Waals surface area contributed by atoms with Crippen LogP contribution in [0, 0.1) is 0 Å². The number of rotatable bonds is 21. The van der Waals surface area contributed by atoms with Crippen LogP contribution < -0.4 is 9.47 Å². The van der Waals surface area contributed by atoms with Gasteiger partial charge in [0.15, 0.2) is 12.1 Å². The van der Waals surface area contributed by atoms with Crippen LogP contribution in [0.15, 0.2) is 17.7 Å². The molecule has 7 heteroatoms. The number of methoxy groups -OCH3 is 1. The lowest BCUT2D eigenvalue weighted by Crippen LogP contribution is -2.50. The zero-order valence-electron chi connectivity index (χ0n) is 26.7. The van der Waals surface area contributed by atoms with E-state index < -0.39 is 11.7 Å². The summed E-state index contributed by atoms with van der Waals surface area (Å²) in [4.78, 5) is 37.2. The number of ether oxygens (including phenoxy) is 3. The number of esters is 1. The monoisotopic (exact) mass is 586 g/mol. The molecule has 0 fully saturated rings. The molecule has 2 rings (SSSR count). The maximum atomic E-state index is 12.5. The first-order valence-electron chi connectivity index (χ1n) is 16.0. The highest BCUT2D eigenvalue weighted by atomic mass is 16.5. The topological polar surface area (TPSA) is 99.1 Å². The van der Waals surface area contributed by atoms with Gasteiger partial charge >= 0.3 is 5.97 Å². The summed E-state index contributed by atoms with van der Waals surface area (Å²) in [5, 5.41) is 10.9. The van der Waals surface area contributed by atoms with Gasteiger partial charge in [0, 0.05) is 24.0 Å². The van der Waals surface area contributed by atoms with Gasteiger partial charge < -0.3 is 19.3 Å². The van der Waals surface area contributed by atoms with Crippen LogP contribution in [0.1, 0.15) is 145 Å². The minimum atomic E-state index is -1.22. The SMILES string of the molecule is CCCCCCCCCCCCCCCC(=O)OCc1cc(OC)c2c(c1C=O)OC(C)(CC(=O)C=C(C)C)C(O)C2. The quantitative estimate of drug-likeness (QED) is 0.0674. The maximum Gasteiger partial charge on any atom is 0.306 e. The molecule has 2 atom stereocenters. The fraction of sp³-hybridized carbons (Fsp3) is 0.686. The van der Waals surface area contributed by atoms with Crippen LogP contribution in [0.3, 0.4) is 0 Å². The molecule has 1 aromatic carbocycles. The minimum Gasteiger partial charge on any atom is -0.496 e. The van der Waals surface area contributed by atoms with Crippen LogP contribution in [0.5, 0.6) is 11.5 Å². The molecule has 0 amide bonds. The van der Waals surface area contributed by atoms with Crippen molar-refractivity contribution in [1.82, 2.24) is 0 Å². The molecule has 1 aliphatic heterocycles. The molecule has 0 saturated carbocycles. The van der Waals surface area contributed by atoms with E-state index in [0.29, 0.717) is 29.6 Å². The fourth-order valence-electron chi connectivity index (χ4n) is 5.58. The van der Waals surface area contributed by atoms with Gasteiger partial charge in [-0.3, -0.25) is 14.4 Å². The van der Waals surface area contributed by atoms with Crippen molar-refractivity contribution in [2.75, 3.05) is 7.11 Å². The van der Waals surface area contributed by atoms with Crippen molar-refractivity contribution in [3.63, 3.8) is 0 Å². The number of ketones is 1. The molecule has 1 heterocycles. The summed E-state index contributed by atoms with van der Waals surface area (Å²) in [7, 11) is 1.50. The summed E-state index contributed by atoms with van der Waals surface area (Å²) in [5.41, 5.74) is 0.900. The molecule has 236 valence electrons. The number of allylic oxidation sites excluding steroid dienone is 2. The second kappa shape index (κ2) is 18.8. The first-order valence-corrected chi connectivity index (χ1v) is 16.0. The van der Waals surface area contributed by atoms with E-state index >= 15 is 0 Å². The summed E-state index contributed by atoms with van der Waals surface area (Å²) in [6.07, 6.45) is 17.8. The van der Waals surface area contributed by atoms with Gasteiger partial charge in [-0.1, -0.05) is 89.5 Å². The minimum absolute atomic E-state index is 0.0439. The number of hydrogen-bond donors (Lipinski definition) is 1. The number of aldehydes is 1. The van der Waals surface area contributed by atoms with Crippen LogP contribution in [0.2, 0.25) is 0 Å². The fourth-order valence-corrected chi connectivity index (χ4v) is 5.58. The smallest absolute Gasteiger partial charge is 0.306 e. The van der Waals surface area contributed by atoms with E-state index in [4.69, 9.17) is 14.2 Å². The summed E-state index contributed by atoms with van der Waals surface area (Å²) in [6, 6.07) is 1.66. The van der Waals surface area contributed by atoms with E-state index in [1.807, 2.05) is 13.8 Å². The molecule has 1 aromatic rings. The second-order valence-corrected chi connectivity index (χ2v) is 12.2. The summed E-state index contributed by atoms with van der Waals surface area (Å²) >= 11 is 0. The Morgan fingerprint density at radius 1 is 1.00 bits per heavy atom. The molecule has 0 radical (unpaired) electrons. The Bertz CT molecular complexity index is 1040. The van der Waals surface area contributed by atoms with Crippen molar-refractivity contribution in [2.24, 2.45) is 0 Å². The first kappa shape index (κ1) is 35.5. The van der Waals surface area contributed by atoms with E-state index in [0.717, 1.165) is 24.8 Å². The van der Waals surface area contributed by atoms with Gasteiger partial charge in [-0.2, -0.15) is 0 Å². The van der Waals surface area contributed by atoms with Crippen LogP contribution in [-0.2, 0) is 27.4 Å². The zero-order valence-corrected chi connectivity index (χ0v) is 26.7. The van der Waals surface area contributed by atoms with Crippen molar-refractivity contribution >= 4 is 18.0 Å². The van der Waals surface area contributed by atoms with Gasteiger partial charge in [0.05, 0.1) is 25.2 Å². The molecule has 0 spiro atoms. The Morgan fingerprint density at radius 3 is 2.10 bits per heavy atom. The number of fused-ring (bicyclic) bond motifs is 1. The number of aliphatic hydroxyl groups excluding tert-OH is 1. The average molecular weight is 587 g/mol. The van der Waals surface area contributed by atoms with Gasteiger partial charge in [0.25, 0.3) is 0 Å². The molecule has 42 heavy (non-hydrogen) atoms. The van der Waals surface area contributed by atoms with Crippen LogP contribution in [-0.4, -0.2) is 42.0 Å². The highest BCUT2D eigenvalue weighted by Crippen LogP contribution is 2.43. The maximum absolute atomic E-state index is 12.5.